The number of nitrogens with zero attached hydrogens (tertiary/aromatic N) is 1. The van der Waals surface area contributed by atoms with E-state index in [0.29, 0.717) is 0 Å². The SMILES string of the molecule is CC(O)c1ccc(Oc2ccc3nc[nH]c3c2)cc1. The van der Waals surface area contributed by atoms with Gasteiger partial charge in [0.15, 0.2) is 0 Å². The Morgan fingerprint density at radius 3 is 2.58 bits per heavy atom. The van der Waals surface area contributed by atoms with Gasteiger partial charge in [0.1, 0.15) is 11.5 Å². The summed E-state index contributed by atoms with van der Waals surface area (Å²) in [4.78, 5) is 7.20. The maximum atomic E-state index is 9.45. The van der Waals surface area contributed by atoms with Crippen LogP contribution in [0.4, 0.5) is 0 Å². The largest absolute Gasteiger partial charge is 0.457 e. The summed E-state index contributed by atoms with van der Waals surface area (Å²) in [6, 6.07) is 13.1. The highest BCUT2D eigenvalue weighted by Crippen LogP contribution is 2.25. The van der Waals surface area contributed by atoms with Crippen LogP contribution in [0, 0.1) is 0 Å². The quantitative estimate of drug-likeness (QED) is 0.753. The molecule has 0 bridgehead atoms. The second-order valence-corrected chi connectivity index (χ2v) is 4.43. The summed E-state index contributed by atoms with van der Waals surface area (Å²) in [5.41, 5.74) is 2.73. The van der Waals surface area contributed by atoms with Gasteiger partial charge in [-0.05, 0) is 36.8 Å². The summed E-state index contributed by atoms with van der Waals surface area (Å²) in [6.07, 6.45) is 1.20. The van der Waals surface area contributed by atoms with E-state index in [1.165, 1.54) is 0 Å². The molecular weight excluding hydrogens is 240 g/mol. The molecule has 1 unspecified atom stereocenters. The standard InChI is InChI=1S/C15H14N2O2/c1-10(18)11-2-4-12(5-3-11)19-13-6-7-14-15(8-13)17-9-16-14/h2-10,18H,1H3,(H,16,17). The van der Waals surface area contributed by atoms with Gasteiger partial charge in [-0.25, -0.2) is 4.98 Å². The average Bonchev–Trinajstić information content (AvgIpc) is 2.87. The number of imidazole rings is 1. The van der Waals surface area contributed by atoms with E-state index in [2.05, 4.69) is 9.97 Å². The minimum Gasteiger partial charge on any atom is -0.457 e. The highest BCUT2D eigenvalue weighted by atomic mass is 16.5. The number of H-pyrrole nitrogens is 1. The maximum Gasteiger partial charge on any atom is 0.129 e. The predicted molar refractivity (Wildman–Crippen MR) is 73.2 cm³/mol. The summed E-state index contributed by atoms with van der Waals surface area (Å²) >= 11 is 0. The molecule has 19 heavy (non-hydrogen) atoms. The smallest absolute Gasteiger partial charge is 0.129 e. The third-order valence-electron chi connectivity index (χ3n) is 2.99. The van der Waals surface area contributed by atoms with Gasteiger partial charge in [0, 0.05) is 6.07 Å². The zero-order valence-electron chi connectivity index (χ0n) is 10.5. The van der Waals surface area contributed by atoms with E-state index in [1.54, 1.807) is 13.3 Å². The molecule has 0 amide bonds. The molecule has 0 saturated heterocycles. The molecule has 0 aliphatic heterocycles. The lowest BCUT2D eigenvalue weighted by Crippen LogP contribution is -1.90. The first-order valence-corrected chi connectivity index (χ1v) is 6.11. The molecule has 96 valence electrons. The molecule has 0 saturated carbocycles. The zero-order valence-corrected chi connectivity index (χ0v) is 10.5. The molecule has 0 spiro atoms. The molecule has 1 aromatic heterocycles. The molecule has 0 radical (unpaired) electrons. The van der Waals surface area contributed by atoms with Crippen LogP contribution in [-0.2, 0) is 0 Å². The Morgan fingerprint density at radius 2 is 1.84 bits per heavy atom. The van der Waals surface area contributed by atoms with Gasteiger partial charge in [0.05, 0.1) is 23.5 Å². The van der Waals surface area contributed by atoms with E-state index < -0.39 is 6.10 Å². The fourth-order valence-corrected chi connectivity index (χ4v) is 1.93. The number of aromatic nitrogens is 2. The van der Waals surface area contributed by atoms with Gasteiger partial charge in [0.25, 0.3) is 0 Å². The molecule has 1 heterocycles. The van der Waals surface area contributed by atoms with Gasteiger partial charge in [0.2, 0.25) is 0 Å². The van der Waals surface area contributed by atoms with Crippen LogP contribution in [0.5, 0.6) is 11.5 Å². The van der Waals surface area contributed by atoms with E-state index in [1.807, 2.05) is 42.5 Å². The summed E-state index contributed by atoms with van der Waals surface area (Å²) in [5.74, 6) is 1.49. The number of fused-ring (bicyclic) bond motifs is 1. The molecule has 3 rings (SSSR count). The number of benzene rings is 2. The predicted octanol–water partition coefficient (Wildman–Crippen LogP) is 3.41. The van der Waals surface area contributed by atoms with Crippen molar-refractivity contribution in [3.8, 4) is 11.5 Å². The number of aliphatic hydroxyl groups is 1. The van der Waals surface area contributed by atoms with Gasteiger partial charge in [-0.3, -0.25) is 0 Å². The van der Waals surface area contributed by atoms with E-state index in [9.17, 15) is 5.11 Å². The maximum absolute atomic E-state index is 9.45. The van der Waals surface area contributed by atoms with Crippen molar-refractivity contribution < 1.29 is 9.84 Å². The van der Waals surface area contributed by atoms with Crippen molar-refractivity contribution in [3.05, 3.63) is 54.4 Å². The second kappa shape index (κ2) is 4.74. The van der Waals surface area contributed by atoms with Crippen molar-refractivity contribution in [3.63, 3.8) is 0 Å². The number of rotatable bonds is 3. The molecule has 0 aliphatic rings. The lowest BCUT2D eigenvalue weighted by molar-refractivity contribution is 0.199. The Hall–Kier alpha value is -2.33. The highest BCUT2D eigenvalue weighted by molar-refractivity contribution is 5.76. The third kappa shape index (κ3) is 2.44. The lowest BCUT2D eigenvalue weighted by Gasteiger charge is -2.08. The van der Waals surface area contributed by atoms with Gasteiger partial charge in [-0.1, -0.05) is 12.1 Å². The second-order valence-electron chi connectivity index (χ2n) is 4.43. The lowest BCUT2D eigenvalue weighted by atomic mass is 10.1. The Kier molecular flexibility index (Phi) is 2.93. The van der Waals surface area contributed by atoms with Crippen LogP contribution in [0.15, 0.2) is 48.8 Å². The first-order chi connectivity index (χ1) is 9.22. The van der Waals surface area contributed by atoms with Crippen molar-refractivity contribution in [1.82, 2.24) is 9.97 Å². The van der Waals surface area contributed by atoms with E-state index >= 15 is 0 Å². The number of nitrogens with one attached hydrogen (secondary N) is 1. The Bertz CT molecular complexity index is 687. The average molecular weight is 254 g/mol. The van der Waals surface area contributed by atoms with Crippen molar-refractivity contribution in [2.75, 3.05) is 0 Å². The van der Waals surface area contributed by atoms with Crippen molar-refractivity contribution in [1.29, 1.82) is 0 Å². The number of aromatic amines is 1. The Morgan fingerprint density at radius 1 is 1.11 bits per heavy atom. The van der Waals surface area contributed by atoms with Crippen LogP contribution in [0.3, 0.4) is 0 Å². The topological polar surface area (TPSA) is 58.1 Å². The fourth-order valence-electron chi connectivity index (χ4n) is 1.93. The zero-order chi connectivity index (χ0) is 13.2. The van der Waals surface area contributed by atoms with E-state index in [0.717, 1.165) is 28.1 Å². The van der Waals surface area contributed by atoms with Crippen LogP contribution in [-0.4, -0.2) is 15.1 Å². The highest BCUT2D eigenvalue weighted by Gasteiger charge is 2.03. The summed E-state index contributed by atoms with van der Waals surface area (Å²) in [6.45, 7) is 1.74. The molecular formula is C15H14N2O2. The summed E-state index contributed by atoms with van der Waals surface area (Å²) in [7, 11) is 0. The van der Waals surface area contributed by atoms with Crippen molar-refractivity contribution >= 4 is 11.0 Å². The van der Waals surface area contributed by atoms with Crippen molar-refractivity contribution in [2.24, 2.45) is 0 Å². The normalized spacial score (nSPS) is 12.5. The monoisotopic (exact) mass is 254 g/mol. The number of hydrogen-bond donors (Lipinski definition) is 2. The minimum atomic E-state index is -0.463. The first-order valence-electron chi connectivity index (χ1n) is 6.11. The van der Waals surface area contributed by atoms with Crippen LogP contribution < -0.4 is 4.74 Å². The van der Waals surface area contributed by atoms with E-state index in [4.69, 9.17) is 4.74 Å². The molecule has 0 aliphatic carbocycles. The van der Waals surface area contributed by atoms with Gasteiger partial charge >= 0.3 is 0 Å². The Labute approximate surface area is 110 Å². The molecule has 4 nitrogen and oxygen atoms in total. The summed E-state index contributed by atoms with van der Waals surface area (Å²) < 4.78 is 5.76. The van der Waals surface area contributed by atoms with Crippen LogP contribution in [0.2, 0.25) is 0 Å². The molecule has 2 aromatic carbocycles. The molecule has 1 atom stereocenters. The first kappa shape index (κ1) is 11.7. The molecule has 3 aromatic rings. The van der Waals surface area contributed by atoms with Gasteiger partial charge < -0.3 is 14.8 Å². The summed E-state index contributed by atoms with van der Waals surface area (Å²) in [5, 5.41) is 9.45. The molecule has 0 fully saturated rings. The number of ether oxygens (including phenoxy) is 1. The van der Waals surface area contributed by atoms with E-state index in [-0.39, 0.29) is 0 Å². The van der Waals surface area contributed by atoms with Crippen LogP contribution >= 0.6 is 0 Å². The van der Waals surface area contributed by atoms with Crippen LogP contribution in [0.1, 0.15) is 18.6 Å². The molecule has 2 N–H and O–H groups in total. The molecule has 4 heteroatoms. The minimum absolute atomic E-state index is 0.463. The fraction of sp³-hybridized carbons (Fsp3) is 0.133. The number of aliphatic hydroxyl groups excluding tert-OH is 1. The Balaban J connectivity index is 1.83. The van der Waals surface area contributed by atoms with Gasteiger partial charge in [-0.2, -0.15) is 0 Å². The number of hydrogen-bond acceptors (Lipinski definition) is 3. The third-order valence-corrected chi connectivity index (χ3v) is 2.99. The van der Waals surface area contributed by atoms with Crippen molar-refractivity contribution in [2.45, 2.75) is 13.0 Å². The van der Waals surface area contributed by atoms with Crippen LogP contribution in [0.25, 0.3) is 11.0 Å². The van der Waals surface area contributed by atoms with Gasteiger partial charge in [-0.15, -0.1) is 0 Å².